The number of aromatic amines is 1. The zero-order chi connectivity index (χ0) is 22.1. The minimum absolute atomic E-state index is 0. The monoisotopic (exact) mass is 475 g/mol. The lowest BCUT2D eigenvalue weighted by Gasteiger charge is -2.23. The van der Waals surface area contributed by atoms with E-state index in [2.05, 4.69) is 25.8 Å². The Hall–Kier alpha value is -3.01. The number of piperidine rings is 1. The molecule has 4 N–H and O–H groups in total. The number of oxime groups is 1. The van der Waals surface area contributed by atoms with Gasteiger partial charge < -0.3 is 25.6 Å². The normalized spacial score (nSPS) is 17.2. The van der Waals surface area contributed by atoms with Crippen molar-refractivity contribution < 1.29 is 18.7 Å². The molecule has 2 aliphatic rings. The molecule has 3 heterocycles. The maximum absolute atomic E-state index is 14.0. The molecule has 0 saturated carbocycles. The Labute approximate surface area is 195 Å². The fourth-order valence-electron chi connectivity index (χ4n) is 4.20. The molecule has 5 rings (SSSR count). The zero-order valence-corrected chi connectivity index (χ0v) is 18.5. The number of nitrogens with zero attached hydrogens (tertiary/aromatic N) is 2. The van der Waals surface area contributed by atoms with Gasteiger partial charge in [0.25, 0.3) is 0 Å². The summed E-state index contributed by atoms with van der Waals surface area (Å²) < 4.78 is 27.9. The fourth-order valence-corrected chi connectivity index (χ4v) is 4.20. The van der Waals surface area contributed by atoms with E-state index in [9.17, 15) is 13.9 Å². The molecular formula is C23H24ClF2N5O2. The van der Waals surface area contributed by atoms with Crippen molar-refractivity contribution in [1.82, 2.24) is 15.6 Å². The zero-order valence-electron chi connectivity index (χ0n) is 17.7. The Bertz CT molecular complexity index is 1220. The van der Waals surface area contributed by atoms with E-state index in [1.54, 1.807) is 6.07 Å². The second-order valence-electron chi connectivity index (χ2n) is 7.91. The van der Waals surface area contributed by atoms with E-state index in [-0.39, 0.29) is 18.3 Å². The summed E-state index contributed by atoms with van der Waals surface area (Å²) in [5.41, 5.74) is 2.40. The molecule has 7 nitrogen and oxygen atoms in total. The maximum Gasteiger partial charge on any atom is 0.199 e. The van der Waals surface area contributed by atoms with E-state index in [1.165, 1.54) is 30.3 Å². The molecule has 174 valence electrons. The van der Waals surface area contributed by atoms with Crippen LogP contribution in [0.2, 0.25) is 0 Å². The van der Waals surface area contributed by atoms with E-state index in [0.29, 0.717) is 58.3 Å². The van der Waals surface area contributed by atoms with Crippen molar-refractivity contribution in [3.05, 3.63) is 59.2 Å². The second kappa shape index (κ2) is 9.86. The van der Waals surface area contributed by atoms with Crippen LogP contribution in [0, 0.1) is 11.6 Å². The lowest BCUT2D eigenvalue weighted by Crippen LogP contribution is -2.41. The predicted octanol–water partition coefficient (Wildman–Crippen LogP) is 3.77. The quantitative estimate of drug-likeness (QED) is 0.322. The highest BCUT2D eigenvalue weighted by Crippen LogP contribution is 2.36. The fraction of sp³-hybridized carbons (Fsp3) is 0.304. The summed E-state index contributed by atoms with van der Waals surface area (Å²) in [6, 6.07) is 8.78. The number of fused-ring (bicyclic) bond motifs is 2. The number of aromatic nitrogens is 1. The Morgan fingerprint density at radius 3 is 2.70 bits per heavy atom. The van der Waals surface area contributed by atoms with E-state index in [1.807, 2.05) is 0 Å². The lowest BCUT2D eigenvalue weighted by molar-refractivity contribution is 0.143. The molecule has 3 aromatic rings. The smallest absolute Gasteiger partial charge is 0.199 e. The lowest BCUT2D eigenvalue weighted by atomic mass is 10.0. The standard InChI is InChI=1S/C23H23F2N5O2.ClH/c24-13-1-3-18-16(11-13)20(23(31)29-18)22-21(17-12-14(25)2-4-19(17)28-22)30-32-10-9-27-15-5-7-26-8-6-15;/h1-4,11-12,15,26-27,29,31H,5-10H2;1H/b30-21+;. The highest BCUT2D eigenvalue weighted by Gasteiger charge is 2.30. The first-order chi connectivity index (χ1) is 15.6. The average molecular weight is 476 g/mol. The first kappa shape index (κ1) is 23.2. The van der Waals surface area contributed by atoms with E-state index < -0.39 is 11.6 Å². The number of aliphatic imine (C=N–C) groups is 1. The van der Waals surface area contributed by atoms with Crippen LogP contribution in [0.5, 0.6) is 5.88 Å². The molecule has 2 aliphatic heterocycles. The van der Waals surface area contributed by atoms with Gasteiger partial charge in [0.1, 0.15) is 29.7 Å². The third-order valence-corrected chi connectivity index (χ3v) is 5.77. The molecular weight excluding hydrogens is 452 g/mol. The Kier molecular flexibility index (Phi) is 6.92. The number of rotatable bonds is 6. The summed E-state index contributed by atoms with van der Waals surface area (Å²) in [5.74, 6) is -1.05. The summed E-state index contributed by atoms with van der Waals surface area (Å²) in [6.45, 7) is 2.93. The molecule has 2 aromatic carbocycles. The molecule has 33 heavy (non-hydrogen) atoms. The van der Waals surface area contributed by atoms with Crippen LogP contribution < -0.4 is 10.6 Å². The number of nitrogens with one attached hydrogen (secondary N) is 3. The highest BCUT2D eigenvalue weighted by molar-refractivity contribution is 6.58. The second-order valence-corrected chi connectivity index (χ2v) is 7.91. The number of benzene rings is 2. The van der Waals surface area contributed by atoms with Gasteiger partial charge in [-0.25, -0.2) is 13.8 Å². The van der Waals surface area contributed by atoms with Crippen LogP contribution in [0.15, 0.2) is 46.5 Å². The molecule has 1 aromatic heterocycles. The van der Waals surface area contributed by atoms with Crippen molar-refractivity contribution in [2.75, 3.05) is 26.2 Å². The minimum Gasteiger partial charge on any atom is -0.494 e. The van der Waals surface area contributed by atoms with E-state index in [0.717, 1.165) is 25.9 Å². The van der Waals surface area contributed by atoms with Crippen molar-refractivity contribution in [2.45, 2.75) is 18.9 Å². The van der Waals surface area contributed by atoms with Crippen molar-refractivity contribution in [2.24, 2.45) is 10.1 Å². The molecule has 0 radical (unpaired) electrons. The molecule has 10 heteroatoms. The van der Waals surface area contributed by atoms with Crippen LogP contribution in [0.3, 0.4) is 0 Å². The first-order valence-electron chi connectivity index (χ1n) is 10.6. The van der Waals surface area contributed by atoms with Gasteiger partial charge in [0.05, 0.1) is 11.3 Å². The van der Waals surface area contributed by atoms with Crippen molar-refractivity contribution in [3.63, 3.8) is 0 Å². The third-order valence-electron chi connectivity index (χ3n) is 5.77. The maximum atomic E-state index is 14.0. The molecule has 0 unspecified atom stereocenters. The van der Waals surface area contributed by atoms with Crippen LogP contribution >= 0.6 is 12.4 Å². The topological polar surface area (TPSA) is 94.0 Å². The molecule has 0 amide bonds. The van der Waals surface area contributed by atoms with Crippen LogP contribution in [0.4, 0.5) is 14.5 Å². The average Bonchev–Trinajstić information content (AvgIpc) is 3.30. The van der Waals surface area contributed by atoms with Crippen molar-refractivity contribution >= 4 is 40.4 Å². The van der Waals surface area contributed by atoms with Gasteiger partial charge in [0.2, 0.25) is 0 Å². The summed E-state index contributed by atoms with van der Waals surface area (Å²) in [4.78, 5) is 12.9. The summed E-state index contributed by atoms with van der Waals surface area (Å²) in [6.07, 6.45) is 2.13. The SMILES string of the molecule is Cl.Oc1[nH]c2ccc(F)cc2c1C1=Nc2ccc(F)cc2/C1=N\OCCNC1CCNCC1. The van der Waals surface area contributed by atoms with Gasteiger partial charge in [-0.15, -0.1) is 12.4 Å². The first-order valence-corrected chi connectivity index (χ1v) is 10.6. The van der Waals surface area contributed by atoms with E-state index >= 15 is 0 Å². The minimum atomic E-state index is -0.446. The van der Waals surface area contributed by atoms with Crippen molar-refractivity contribution in [3.8, 4) is 5.88 Å². The number of H-pyrrole nitrogens is 1. The molecule has 0 spiro atoms. The Morgan fingerprint density at radius 2 is 1.88 bits per heavy atom. The van der Waals surface area contributed by atoms with Crippen molar-refractivity contribution in [1.29, 1.82) is 0 Å². The molecule has 0 aliphatic carbocycles. The highest BCUT2D eigenvalue weighted by atomic mass is 35.5. The van der Waals surface area contributed by atoms with Crippen LogP contribution in [-0.2, 0) is 4.84 Å². The van der Waals surface area contributed by atoms with Gasteiger partial charge in [-0.05, 0) is 62.3 Å². The van der Waals surface area contributed by atoms with E-state index in [4.69, 9.17) is 4.84 Å². The molecule has 1 fully saturated rings. The van der Waals surface area contributed by atoms with Crippen LogP contribution in [0.1, 0.15) is 24.0 Å². The number of aromatic hydroxyl groups is 1. The largest absolute Gasteiger partial charge is 0.494 e. The summed E-state index contributed by atoms with van der Waals surface area (Å²) in [5, 5.41) is 22.0. The number of halogens is 3. The molecule has 0 atom stereocenters. The molecule has 0 bridgehead atoms. The molecule has 1 saturated heterocycles. The predicted molar refractivity (Wildman–Crippen MR) is 126 cm³/mol. The van der Waals surface area contributed by atoms with Gasteiger partial charge in [-0.1, -0.05) is 5.16 Å². The van der Waals surface area contributed by atoms with Crippen LogP contribution in [0.25, 0.3) is 10.9 Å². The Balaban J connectivity index is 0.00000259. The Morgan fingerprint density at radius 1 is 1.12 bits per heavy atom. The van der Waals surface area contributed by atoms with Gasteiger partial charge >= 0.3 is 0 Å². The summed E-state index contributed by atoms with van der Waals surface area (Å²) >= 11 is 0. The van der Waals surface area contributed by atoms with Gasteiger partial charge in [0.15, 0.2) is 5.88 Å². The van der Waals surface area contributed by atoms with Gasteiger partial charge in [0, 0.05) is 29.1 Å². The third kappa shape index (κ3) is 4.71. The number of hydrogen-bond acceptors (Lipinski definition) is 6. The summed E-state index contributed by atoms with van der Waals surface area (Å²) in [7, 11) is 0. The van der Waals surface area contributed by atoms with Gasteiger partial charge in [-0.2, -0.15) is 0 Å². The van der Waals surface area contributed by atoms with Crippen LogP contribution in [-0.4, -0.2) is 53.8 Å². The van der Waals surface area contributed by atoms with Gasteiger partial charge in [-0.3, -0.25) is 0 Å². The number of hydrogen-bond donors (Lipinski definition) is 4.